The lowest BCUT2D eigenvalue weighted by atomic mass is 10.1. The van der Waals surface area contributed by atoms with E-state index in [0.717, 1.165) is 24.3 Å². The van der Waals surface area contributed by atoms with Gasteiger partial charge >= 0.3 is 0 Å². The molecule has 1 aromatic rings. The first-order valence-electron chi connectivity index (χ1n) is 8.37. The SMILES string of the molecule is CCCCCCC(C)Nc1cccc(N2CCCC2=O)c1. The number of anilines is 2. The van der Waals surface area contributed by atoms with Crippen LogP contribution >= 0.6 is 0 Å². The molecule has 3 heteroatoms. The Balaban J connectivity index is 1.87. The molecule has 21 heavy (non-hydrogen) atoms. The van der Waals surface area contributed by atoms with Crippen molar-refractivity contribution < 1.29 is 4.79 Å². The van der Waals surface area contributed by atoms with Crippen LogP contribution < -0.4 is 10.2 Å². The molecule has 1 N–H and O–H groups in total. The number of nitrogens with one attached hydrogen (secondary N) is 1. The number of amides is 1. The summed E-state index contributed by atoms with van der Waals surface area (Å²) in [6.45, 7) is 5.33. The van der Waals surface area contributed by atoms with Crippen molar-refractivity contribution in [3.05, 3.63) is 24.3 Å². The van der Waals surface area contributed by atoms with Crippen LogP contribution in [-0.2, 0) is 4.79 Å². The molecule has 1 aliphatic heterocycles. The van der Waals surface area contributed by atoms with Crippen molar-refractivity contribution in [2.45, 2.75) is 64.8 Å². The molecule has 1 aromatic carbocycles. The fourth-order valence-corrected chi connectivity index (χ4v) is 2.92. The van der Waals surface area contributed by atoms with Gasteiger partial charge in [-0.15, -0.1) is 0 Å². The number of carbonyl (C=O) groups excluding carboxylic acids is 1. The molecule has 0 bridgehead atoms. The summed E-state index contributed by atoms with van der Waals surface area (Å²) in [5.74, 6) is 0.250. The van der Waals surface area contributed by atoms with Crippen molar-refractivity contribution in [2.24, 2.45) is 0 Å². The second-order valence-electron chi connectivity index (χ2n) is 6.09. The van der Waals surface area contributed by atoms with Crippen molar-refractivity contribution in [3.8, 4) is 0 Å². The molecule has 1 unspecified atom stereocenters. The van der Waals surface area contributed by atoms with Gasteiger partial charge in [0.1, 0.15) is 0 Å². The molecule has 0 aromatic heterocycles. The van der Waals surface area contributed by atoms with Gasteiger partial charge in [0, 0.05) is 30.4 Å². The highest BCUT2D eigenvalue weighted by Crippen LogP contribution is 2.24. The van der Waals surface area contributed by atoms with Crippen LogP contribution in [0.2, 0.25) is 0 Å². The number of carbonyl (C=O) groups is 1. The highest BCUT2D eigenvalue weighted by atomic mass is 16.2. The molecule has 1 saturated heterocycles. The predicted octanol–water partition coefficient (Wildman–Crippen LogP) is 4.58. The number of hydrogen-bond acceptors (Lipinski definition) is 2. The number of nitrogens with zero attached hydrogens (tertiary/aromatic N) is 1. The highest BCUT2D eigenvalue weighted by molar-refractivity contribution is 5.95. The van der Waals surface area contributed by atoms with Gasteiger partial charge in [-0.3, -0.25) is 4.79 Å². The zero-order valence-corrected chi connectivity index (χ0v) is 13.4. The van der Waals surface area contributed by atoms with Gasteiger partial charge in [-0.05, 0) is 38.0 Å². The number of rotatable bonds is 8. The van der Waals surface area contributed by atoms with Gasteiger partial charge in [0.2, 0.25) is 5.91 Å². The first-order valence-corrected chi connectivity index (χ1v) is 8.37. The second-order valence-corrected chi connectivity index (χ2v) is 6.09. The highest BCUT2D eigenvalue weighted by Gasteiger charge is 2.21. The average molecular weight is 288 g/mol. The normalized spacial score (nSPS) is 16.3. The lowest BCUT2D eigenvalue weighted by Gasteiger charge is -2.19. The molecule has 1 aliphatic rings. The number of unbranched alkanes of at least 4 members (excludes halogenated alkanes) is 3. The van der Waals surface area contributed by atoms with Gasteiger partial charge in [0.25, 0.3) is 0 Å². The summed E-state index contributed by atoms with van der Waals surface area (Å²) in [7, 11) is 0. The van der Waals surface area contributed by atoms with E-state index in [2.05, 4.69) is 31.3 Å². The van der Waals surface area contributed by atoms with E-state index >= 15 is 0 Å². The summed E-state index contributed by atoms with van der Waals surface area (Å²) in [6.07, 6.45) is 8.09. The number of hydrogen-bond donors (Lipinski definition) is 1. The molecule has 1 fully saturated rings. The summed E-state index contributed by atoms with van der Waals surface area (Å²) >= 11 is 0. The zero-order chi connectivity index (χ0) is 15.1. The molecule has 3 nitrogen and oxygen atoms in total. The lowest BCUT2D eigenvalue weighted by molar-refractivity contribution is -0.117. The molecule has 116 valence electrons. The molecule has 2 rings (SSSR count). The fraction of sp³-hybridized carbons (Fsp3) is 0.611. The van der Waals surface area contributed by atoms with E-state index in [-0.39, 0.29) is 5.91 Å². The van der Waals surface area contributed by atoms with Crippen molar-refractivity contribution in [3.63, 3.8) is 0 Å². The maximum absolute atomic E-state index is 11.8. The van der Waals surface area contributed by atoms with Gasteiger partial charge in [-0.25, -0.2) is 0 Å². The molecule has 0 aliphatic carbocycles. The Morgan fingerprint density at radius 1 is 1.29 bits per heavy atom. The van der Waals surface area contributed by atoms with Crippen LogP contribution in [0.15, 0.2) is 24.3 Å². The molecule has 1 atom stereocenters. The van der Waals surface area contributed by atoms with Crippen LogP contribution in [0, 0.1) is 0 Å². The van der Waals surface area contributed by atoms with Crippen molar-refractivity contribution in [2.75, 3.05) is 16.8 Å². The Morgan fingerprint density at radius 3 is 2.86 bits per heavy atom. The third kappa shape index (κ3) is 4.76. The lowest BCUT2D eigenvalue weighted by Crippen LogP contribution is -2.24. The summed E-state index contributed by atoms with van der Waals surface area (Å²) in [5.41, 5.74) is 2.15. The Hall–Kier alpha value is -1.51. The van der Waals surface area contributed by atoms with Crippen molar-refractivity contribution in [1.29, 1.82) is 0 Å². The standard InChI is InChI=1S/C18H28N2O/c1-3-4-5-6-9-15(2)19-16-10-7-11-17(14-16)20-13-8-12-18(20)21/h7,10-11,14-15,19H,3-6,8-9,12-13H2,1-2H3. The summed E-state index contributed by atoms with van der Waals surface area (Å²) in [5, 5.41) is 3.56. The quantitative estimate of drug-likeness (QED) is 0.710. The zero-order valence-electron chi connectivity index (χ0n) is 13.4. The molecule has 0 spiro atoms. The van der Waals surface area contributed by atoms with Gasteiger partial charge in [0.05, 0.1) is 0 Å². The first-order chi connectivity index (χ1) is 10.2. The smallest absolute Gasteiger partial charge is 0.227 e. The minimum atomic E-state index is 0.250. The van der Waals surface area contributed by atoms with Crippen LogP contribution in [0.25, 0.3) is 0 Å². The van der Waals surface area contributed by atoms with Crippen LogP contribution in [0.3, 0.4) is 0 Å². The van der Waals surface area contributed by atoms with Gasteiger partial charge in [-0.2, -0.15) is 0 Å². The summed E-state index contributed by atoms with van der Waals surface area (Å²) in [4.78, 5) is 13.7. The van der Waals surface area contributed by atoms with Gasteiger partial charge < -0.3 is 10.2 Å². The molecule has 1 amide bonds. The largest absolute Gasteiger partial charge is 0.383 e. The minimum Gasteiger partial charge on any atom is -0.383 e. The Labute approximate surface area is 128 Å². The second kappa shape index (κ2) is 8.06. The maximum Gasteiger partial charge on any atom is 0.227 e. The van der Waals surface area contributed by atoms with Crippen molar-refractivity contribution >= 4 is 17.3 Å². The Kier molecular flexibility index (Phi) is 6.09. The van der Waals surface area contributed by atoms with E-state index in [0.29, 0.717) is 12.5 Å². The average Bonchev–Trinajstić information content (AvgIpc) is 2.90. The third-order valence-corrected chi connectivity index (χ3v) is 4.14. The van der Waals surface area contributed by atoms with Gasteiger partial charge in [-0.1, -0.05) is 38.7 Å². The minimum absolute atomic E-state index is 0.250. The fourth-order valence-electron chi connectivity index (χ4n) is 2.92. The molecule has 1 heterocycles. The third-order valence-electron chi connectivity index (χ3n) is 4.14. The van der Waals surface area contributed by atoms with E-state index in [1.807, 2.05) is 17.0 Å². The molecule has 0 saturated carbocycles. The van der Waals surface area contributed by atoms with E-state index < -0.39 is 0 Å². The number of benzene rings is 1. The van der Waals surface area contributed by atoms with Crippen molar-refractivity contribution in [1.82, 2.24) is 0 Å². The Bertz CT molecular complexity index is 458. The maximum atomic E-state index is 11.8. The van der Waals surface area contributed by atoms with E-state index in [9.17, 15) is 4.79 Å². The van der Waals surface area contributed by atoms with Crippen LogP contribution in [0.5, 0.6) is 0 Å². The van der Waals surface area contributed by atoms with E-state index in [4.69, 9.17) is 0 Å². The summed E-state index contributed by atoms with van der Waals surface area (Å²) in [6, 6.07) is 8.73. The van der Waals surface area contributed by atoms with Crippen LogP contribution in [0.4, 0.5) is 11.4 Å². The van der Waals surface area contributed by atoms with Crippen LogP contribution in [0.1, 0.15) is 58.8 Å². The monoisotopic (exact) mass is 288 g/mol. The molecular formula is C18H28N2O. The van der Waals surface area contributed by atoms with Gasteiger partial charge in [0.15, 0.2) is 0 Å². The first kappa shape index (κ1) is 15.9. The molecule has 0 radical (unpaired) electrons. The molecular weight excluding hydrogens is 260 g/mol. The summed E-state index contributed by atoms with van der Waals surface area (Å²) < 4.78 is 0. The van der Waals surface area contributed by atoms with Crippen LogP contribution in [-0.4, -0.2) is 18.5 Å². The Morgan fingerprint density at radius 2 is 2.14 bits per heavy atom. The van der Waals surface area contributed by atoms with E-state index in [1.54, 1.807) is 0 Å². The topological polar surface area (TPSA) is 32.3 Å². The predicted molar refractivity (Wildman–Crippen MR) is 89.9 cm³/mol. The van der Waals surface area contributed by atoms with E-state index in [1.165, 1.54) is 32.1 Å².